The molecular weight excluding hydrogens is 444 g/mol. The van der Waals surface area contributed by atoms with Crippen LogP contribution >= 0.6 is 11.6 Å². The van der Waals surface area contributed by atoms with Crippen LogP contribution in [0, 0.1) is 5.82 Å². The summed E-state index contributed by atoms with van der Waals surface area (Å²) < 4.78 is 60.2. The van der Waals surface area contributed by atoms with Crippen LogP contribution in [0.15, 0.2) is 31.0 Å². The number of ether oxygens (including phenoxy) is 2. The summed E-state index contributed by atoms with van der Waals surface area (Å²) in [5.41, 5.74) is 1.52. The molecule has 1 aromatic heterocycles. The molecule has 1 amide bonds. The van der Waals surface area contributed by atoms with Crippen molar-refractivity contribution in [3.63, 3.8) is 0 Å². The average molecular weight is 463 g/mol. The Morgan fingerprint density at radius 1 is 1.32 bits per heavy atom. The molecule has 1 fully saturated rings. The summed E-state index contributed by atoms with van der Waals surface area (Å²) in [7, 11) is 0. The van der Waals surface area contributed by atoms with Crippen molar-refractivity contribution < 1.29 is 31.8 Å². The summed E-state index contributed by atoms with van der Waals surface area (Å²) >= 11 is 5.66. The van der Waals surface area contributed by atoms with E-state index < -0.39 is 30.3 Å². The smallest absolute Gasteiger partial charge is 0.368 e. The Balaban J connectivity index is 1.35. The number of rotatable bonds is 9. The predicted molar refractivity (Wildman–Crippen MR) is 103 cm³/mol. The van der Waals surface area contributed by atoms with E-state index in [2.05, 4.69) is 26.9 Å². The monoisotopic (exact) mass is 462 g/mol. The van der Waals surface area contributed by atoms with Gasteiger partial charge in [0.05, 0.1) is 29.1 Å². The minimum atomic E-state index is -4.66. The molecular formula is C19H19ClF4N4O3. The van der Waals surface area contributed by atoms with Crippen LogP contribution in [0.25, 0.3) is 11.3 Å². The Morgan fingerprint density at radius 3 is 2.74 bits per heavy atom. The third-order valence-corrected chi connectivity index (χ3v) is 4.88. The fraction of sp³-hybridized carbons (Fsp3) is 0.421. The number of amides is 1. The van der Waals surface area contributed by atoms with Crippen LogP contribution < -0.4 is 5.32 Å². The van der Waals surface area contributed by atoms with Gasteiger partial charge in [0.15, 0.2) is 0 Å². The third kappa shape index (κ3) is 6.74. The standard InChI is InChI=1S/C19H19ClF4N4O3/c1-11(17-9-28(27-26-17)12-2-3-15(20)16(21)6-12)4-5-25-18(29)10-30-13-7-14(8-13)31-19(22,23)24/h2-3,6,9,13-14H,1,4-5,7-8,10H2,(H,25,29)/t13-,14+. The van der Waals surface area contributed by atoms with Crippen molar-refractivity contribution in [2.75, 3.05) is 13.2 Å². The van der Waals surface area contributed by atoms with Crippen molar-refractivity contribution in [1.29, 1.82) is 0 Å². The van der Waals surface area contributed by atoms with E-state index in [-0.39, 0.29) is 31.0 Å². The first-order valence-electron chi connectivity index (χ1n) is 9.29. The molecule has 0 aliphatic heterocycles. The van der Waals surface area contributed by atoms with E-state index in [0.29, 0.717) is 23.4 Å². The van der Waals surface area contributed by atoms with Crippen LogP contribution in [0.3, 0.4) is 0 Å². The summed E-state index contributed by atoms with van der Waals surface area (Å²) in [5, 5.41) is 10.5. The van der Waals surface area contributed by atoms with Crippen LogP contribution in [0.5, 0.6) is 0 Å². The molecule has 0 saturated heterocycles. The van der Waals surface area contributed by atoms with Crippen LogP contribution in [-0.2, 0) is 14.3 Å². The van der Waals surface area contributed by atoms with Gasteiger partial charge in [-0.3, -0.25) is 9.53 Å². The molecule has 12 heteroatoms. The average Bonchev–Trinajstić information content (AvgIpc) is 3.15. The minimum Gasteiger partial charge on any atom is -0.368 e. The number of hydrogen-bond donors (Lipinski definition) is 1. The zero-order valence-corrected chi connectivity index (χ0v) is 16.9. The number of aromatic nitrogens is 3. The Bertz CT molecular complexity index is 944. The highest BCUT2D eigenvalue weighted by Gasteiger charge is 2.40. The van der Waals surface area contributed by atoms with E-state index in [1.165, 1.54) is 16.8 Å². The molecule has 7 nitrogen and oxygen atoms in total. The maximum atomic E-state index is 13.6. The molecule has 2 aromatic rings. The van der Waals surface area contributed by atoms with Crippen molar-refractivity contribution in [2.24, 2.45) is 0 Å². The lowest BCUT2D eigenvalue weighted by Gasteiger charge is -2.34. The topological polar surface area (TPSA) is 78.3 Å². The van der Waals surface area contributed by atoms with E-state index in [1.54, 1.807) is 12.3 Å². The van der Waals surface area contributed by atoms with Gasteiger partial charge in [0, 0.05) is 25.5 Å². The van der Waals surface area contributed by atoms with Gasteiger partial charge in [0.2, 0.25) is 5.91 Å². The molecule has 168 valence electrons. The fourth-order valence-electron chi connectivity index (χ4n) is 2.84. The summed E-state index contributed by atoms with van der Waals surface area (Å²) in [4.78, 5) is 11.8. The number of carbonyl (C=O) groups is 1. The number of benzene rings is 1. The van der Waals surface area contributed by atoms with Gasteiger partial charge in [-0.1, -0.05) is 23.4 Å². The molecule has 0 unspecified atom stereocenters. The minimum absolute atomic E-state index is 0.0000127. The number of nitrogens with one attached hydrogen (secondary N) is 1. The quantitative estimate of drug-likeness (QED) is 0.575. The number of halogens is 5. The predicted octanol–water partition coefficient (Wildman–Crippen LogP) is 3.66. The Kier molecular flexibility index (Phi) is 7.29. The maximum Gasteiger partial charge on any atom is 0.522 e. The number of carbonyl (C=O) groups excluding carboxylic acids is 1. The Hall–Kier alpha value is -2.50. The number of alkyl halides is 3. The molecule has 1 saturated carbocycles. The summed E-state index contributed by atoms with van der Waals surface area (Å²) in [6.45, 7) is 3.90. The Morgan fingerprint density at radius 2 is 2.06 bits per heavy atom. The number of hydrogen-bond acceptors (Lipinski definition) is 5. The van der Waals surface area contributed by atoms with Crippen LogP contribution in [0.2, 0.25) is 5.02 Å². The second kappa shape index (κ2) is 9.75. The lowest BCUT2D eigenvalue weighted by Crippen LogP contribution is -2.42. The highest BCUT2D eigenvalue weighted by molar-refractivity contribution is 6.30. The van der Waals surface area contributed by atoms with Gasteiger partial charge in [-0.05, 0) is 24.1 Å². The molecule has 1 N–H and O–H groups in total. The second-order valence-corrected chi connectivity index (χ2v) is 7.35. The maximum absolute atomic E-state index is 13.6. The van der Waals surface area contributed by atoms with Gasteiger partial charge >= 0.3 is 6.36 Å². The largest absolute Gasteiger partial charge is 0.522 e. The van der Waals surface area contributed by atoms with Crippen LogP contribution in [0.1, 0.15) is 25.0 Å². The van der Waals surface area contributed by atoms with Gasteiger partial charge in [-0.15, -0.1) is 18.3 Å². The first-order chi connectivity index (χ1) is 14.6. The second-order valence-electron chi connectivity index (χ2n) is 6.94. The van der Waals surface area contributed by atoms with Gasteiger partial charge in [0.25, 0.3) is 0 Å². The third-order valence-electron chi connectivity index (χ3n) is 4.57. The highest BCUT2D eigenvalue weighted by atomic mass is 35.5. The highest BCUT2D eigenvalue weighted by Crippen LogP contribution is 2.32. The van der Waals surface area contributed by atoms with Crippen molar-refractivity contribution in [3.8, 4) is 5.69 Å². The van der Waals surface area contributed by atoms with Crippen molar-refractivity contribution in [1.82, 2.24) is 20.3 Å². The zero-order valence-electron chi connectivity index (χ0n) is 16.2. The number of nitrogens with zero attached hydrogens (tertiary/aromatic N) is 3. The van der Waals surface area contributed by atoms with E-state index in [4.69, 9.17) is 16.3 Å². The molecule has 1 heterocycles. The lowest BCUT2D eigenvalue weighted by atomic mass is 9.92. The molecule has 0 spiro atoms. The molecule has 3 rings (SSSR count). The fourth-order valence-corrected chi connectivity index (χ4v) is 2.96. The van der Waals surface area contributed by atoms with E-state index in [0.717, 1.165) is 0 Å². The van der Waals surface area contributed by atoms with Crippen molar-refractivity contribution in [3.05, 3.63) is 47.5 Å². The van der Waals surface area contributed by atoms with Crippen LogP contribution in [-0.4, -0.2) is 52.6 Å². The normalized spacial score (nSPS) is 18.5. The zero-order chi connectivity index (χ0) is 22.6. The van der Waals surface area contributed by atoms with Crippen molar-refractivity contribution >= 4 is 23.1 Å². The molecule has 1 aliphatic carbocycles. The summed E-state index contributed by atoms with van der Waals surface area (Å²) in [6.07, 6.45) is -3.87. The molecule has 1 aliphatic rings. The SMILES string of the molecule is C=C(CCNC(=O)CO[C@H]1C[C@@H](OC(F)(F)F)C1)c1cn(-c2ccc(Cl)c(F)c2)nn1. The molecule has 31 heavy (non-hydrogen) atoms. The summed E-state index contributed by atoms with van der Waals surface area (Å²) in [5.74, 6) is -0.974. The van der Waals surface area contributed by atoms with Gasteiger partial charge < -0.3 is 10.1 Å². The van der Waals surface area contributed by atoms with Crippen LogP contribution in [0.4, 0.5) is 17.6 Å². The van der Waals surface area contributed by atoms with Gasteiger partial charge in [-0.2, -0.15) is 0 Å². The first kappa shape index (κ1) is 23.2. The summed E-state index contributed by atoms with van der Waals surface area (Å²) in [6, 6.07) is 4.23. The Labute approximate surface area is 180 Å². The molecule has 0 radical (unpaired) electrons. The van der Waals surface area contributed by atoms with E-state index in [9.17, 15) is 22.4 Å². The lowest BCUT2D eigenvalue weighted by molar-refractivity contribution is -0.357. The van der Waals surface area contributed by atoms with Gasteiger partial charge in [-0.25, -0.2) is 9.07 Å². The van der Waals surface area contributed by atoms with E-state index >= 15 is 0 Å². The van der Waals surface area contributed by atoms with E-state index in [1.807, 2.05) is 0 Å². The van der Waals surface area contributed by atoms with Crippen molar-refractivity contribution in [2.45, 2.75) is 37.8 Å². The first-order valence-corrected chi connectivity index (χ1v) is 9.67. The van der Waals surface area contributed by atoms with Gasteiger partial charge in [0.1, 0.15) is 18.1 Å². The molecule has 0 bridgehead atoms. The molecule has 1 aromatic carbocycles. The molecule has 0 atom stereocenters.